The Morgan fingerprint density at radius 3 is 3.04 bits per heavy atom. The minimum atomic E-state index is -0.139. The van der Waals surface area contributed by atoms with Gasteiger partial charge in [-0.15, -0.1) is 11.3 Å². The van der Waals surface area contributed by atoms with Crippen LogP contribution in [0.25, 0.3) is 11.3 Å². The van der Waals surface area contributed by atoms with Crippen LogP contribution in [-0.4, -0.2) is 40.1 Å². The number of thiophene rings is 1. The summed E-state index contributed by atoms with van der Waals surface area (Å²) in [6, 6.07) is 9.68. The van der Waals surface area contributed by atoms with E-state index in [0.717, 1.165) is 29.1 Å². The molecule has 1 saturated heterocycles. The van der Waals surface area contributed by atoms with Crippen molar-refractivity contribution in [3.63, 3.8) is 0 Å². The number of carbonyl (C=O) groups is 1. The Labute approximate surface area is 161 Å². The second-order valence-electron chi connectivity index (χ2n) is 6.32. The van der Waals surface area contributed by atoms with Crippen LogP contribution in [0.1, 0.15) is 11.3 Å². The molecule has 0 aliphatic carbocycles. The predicted octanol–water partition coefficient (Wildman–Crippen LogP) is 2.68. The highest BCUT2D eigenvalue weighted by Crippen LogP contribution is 2.20. The molecule has 8 heteroatoms. The average Bonchev–Trinajstić information content (AvgIpc) is 3.39. The largest absolute Gasteiger partial charge is 0.339 e. The van der Waals surface area contributed by atoms with Gasteiger partial charge >= 0.3 is 6.03 Å². The molecule has 0 spiro atoms. The summed E-state index contributed by atoms with van der Waals surface area (Å²) in [5.74, 6) is 0.680. The lowest BCUT2D eigenvalue weighted by Crippen LogP contribution is -2.43. The molecule has 2 amide bonds. The Kier molecular flexibility index (Phi) is 5.24. The van der Waals surface area contributed by atoms with E-state index in [1.165, 1.54) is 0 Å². The topological polar surface area (TPSA) is 83.0 Å². The molecule has 1 aliphatic heterocycles. The summed E-state index contributed by atoms with van der Waals surface area (Å²) in [6.07, 6.45) is 6.16. The van der Waals surface area contributed by atoms with E-state index in [4.69, 9.17) is 0 Å². The molecule has 4 heterocycles. The Morgan fingerprint density at radius 2 is 2.22 bits per heavy atom. The molecule has 3 aromatic heterocycles. The Balaban J connectivity index is 1.33. The lowest BCUT2D eigenvalue weighted by molar-refractivity contribution is 0.237. The van der Waals surface area contributed by atoms with Gasteiger partial charge in [0.2, 0.25) is 5.95 Å². The quantitative estimate of drug-likeness (QED) is 0.711. The SMILES string of the molecule is O=C(NCc1cccs1)NC1CCN(c2nccc(-c3cccnc3)n2)C1. The smallest absolute Gasteiger partial charge is 0.315 e. The van der Waals surface area contributed by atoms with Crippen LogP contribution in [0.2, 0.25) is 0 Å². The monoisotopic (exact) mass is 380 g/mol. The molecule has 4 rings (SSSR count). The third-order valence-corrected chi connectivity index (χ3v) is 5.29. The third kappa shape index (κ3) is 4.40. The van der Waals surface area contributed by atoms with Crippen molar-refractivity contribution >= 4 is 23.3 Å². The van der Waals surface area contributed by atoms with Gasteiger partial charge in [0.05, 0.1) is 12.2 Å². The van der Waals surface area contributed by atoms with Gasteiger partial charge in [0.15, 0.2) is 0 Å². The highest BCUT2D eigenvalue weighted by atomic mass is 32.1. The van der Waals surface area contributed by atoms with E-state index in [2.05, 4.69) is 30.5 Å². The minimum Gasteiger partial charge on any atom is -0.339 e. The van der Waals surface area contributed by atoms with E-state index in [1.54, 1.807) is 29.9 Å². The van der Waals surface area contributed by atoms with E-state index in [0.29, 0.717) is 19.0 Å². The van der Waals surface area contributed by atoms with E-state index >= 15 is 0 Å². The molecule has 0 radical (unpaired) electrons. The lowest BCUT2D eigenvalue weighted by atomic mass is 10.2. The summed E-state index contributed by atoms with van der Waals surface area (Å²) in [4.78, 5) is 28.5. The van der Waals surface area contributed by atoms with Crippen LogP contribution in [0.15, 0.2) is 54.3 Å². The van der Waals surface area contributed by atoms with E-state index in [1.807, 2.05) is 35.7 Å². The van der Waals surface area contributed by atoms with Gasteiger partial charge in [-0.05, 0) is 36.1 Å². The number of hydrogen-bond acceptors (Lipinski definition) is 6. The van der Waals surface area contributed by atoms with Crippen molar-refractivity contribution in [1.82, 2.24) is 25.6 Å². The number of amides is 2. The predicted molar refractivity (Wildman–Crippen MR) is 106 cm³/mol. The van der Waals surface area contributed by atoms with Gasteiger partial charge in [0.1, 0.15) is 0 Å². The molecule has 138 valence electrons. The first-order valence-corrected chi connectivity index (χ1v) is 9.71. The van der Waals surface area contributed by atoms with E-state index < -0.39 is 0 Å². The van der Waals surface area contributed by atoms with E-state index in [-0.39, 0.29) is 12.1 Å². The fourth-order valence-electron chi connectivity index (χ4n) is 3.05. The maximum Gasteiger partial charge on any atom is 0.315 e. The second kappa shape index (κ2) is 8.13. The first-order valence-electron chi connectivity index (χ1n) is 8.83. The molecule has 0 saturated carbocycles. The molecular formula is C19H20N6OS. The molecular weight excluding hydrogens is 360 g/mol. The fraction of sp³-hybridized carbons (Fsp3) is 0.263. The zero-order valence-electron chi connectivity index (χ0n) is 14.7. The maximum atomic E-state index is 12.1. The Hall–Kier alpha value is -3.00. The highest BCUT2D eigenvalue weighted by molar-refractivity contribution is 7.09. The molecule has 1 fully saturated rings. The van der Waals surface area contributed by atoms with Gasteiger partial charge in [0.25, 0.3) is 0 Å². The molecule has 3 aromatic rings. The lowest BCUT2D eigenvalue weighted by Gasteiger charge is -2.17. The van der Waals surface area contributed by atoms with Gasteiger partial charge in [-0.25, -0.2) is 14.8 Å². The van der Waals surface area contributed by atoms with Crippen LogP contribution in [0, 0.1) is 0 Å². The molecule has 1 unspecified atom stereocenters. The number of rotatable bonds is 5. The highest BCUT2D eigenvalue weighted by Gasteiger charge is 2.25. The molecule has 0 aromatic carbocycles. The van der Waals surface area contributed by atoms with Crippen molar-refractivity contribution in [2.45, 2.75) is 19.0 Å². The standard InChI is InChI=1S/C19H20N6OS/c26-19(22-12-16-4-2-10-27-16)23-15-6-9-25(13-15)18-21-8-5-17(24-18)14-3-1-7-20-11-14/h1-5,7-8,10-11,15H,6,9,12-13H2,(H2,22,23,26). The number of anilines is 1. The molecule has 27 heavy (non-hydrogen) atoms. The Morgan fingerprint density at radius 1 is 1.26 bits per heavy atom. The normalized spacial score (nSPS) is 16.3. The van der Waals surface area contributed by atoms with Crippen molar-refractivity contribution in [3.05, 3.63) is 59.2 Å². The fourth-order valence-corrected chi connectivity index (χ4v) is 3.70. The first-order chi connectivity index (χ1) is 13.3. The second-order valence-corrected chi connectivity index (χ2v) is 7.35. The summed E-state index contributed by atoms with van der Waals surface area (Å²) in [6.45, 7) is 2.06. The summed E-state index contributed by atoms with van der Waals surface area (Å²) in [7, 11) is 0. The van der Waals surface area contributed by atoms with Crippen molar-refractivity contribution in [2.24, 2.45) is 0 Å². The number of urea groups is 1. The van der Waals surface area contributed by atoms with Crippen LogP contribution < -0.4 is 15.5 Å². The number of hydrogen-bond donors (Lipinski definition) is 2. The maximum absolute atomic E-state index is 12.1. The van der Waals surface area contributed by atoms with Crippen molar-refractivity contribution in [1.29, 1.82) is 0 Å². The number of carbonyl (C=O) groups excluding carboxylic acids is 1. The van der Waals surface area contributed by atoms with Gasteiger partial charge in [-0.2, -0.15) is 0 Å². The number of nitrogens with zero attached hydrogens (tertiary/aromatic N) is 4. The van der Waals surface area contributed by atoms with Gasteiger partial charge in [0, 0.05) is 48.2 Å². The molecule has 7 nitrogen and oxygen atoms in total. The van der Waals surface area contributed by atoms with Gasteiger partial charge in [-0.3, -0.25) is 4.98 Å². The third-order valence-electron chi connectivity index (χ3n) is 4.41. The van der Waals surface area contributed by atoms with Crippen LogP contribution in [-0.2, 0) is 6.54 Å². The van der Waals surface area contributed by atoms with E-state index in [9.17, 15) is 4.79 Å². The summed E-state index contributed by atoms with van der Waals surface area (Å²) >= 11 is 1.63. The summed E-state index contributed by atoms with van der Waals surface area (Å²) in [5.41, 5.74) is 1.81. The zero-order valence-corrected chi connectivity index (χ0v) is 15.5. The van der Waals surface area contributed by atoms with Crippen molar-refractivity contribution in [2.75, 3.05) is 18.0 Å². The average molecular weight is 380 g/mol. The Bertz CT molecular complexity index is 886. The minimum absolute atomic E-state index is 0.0824. The van der Waals surface area contributed by atoms with Crippen LogP contribution in [0.3, 0.4) is 0 Å². The zero-order chi connectivity index (χ0) is 18.5. The number of pyridine rings is 1. The molecule has 2 N–H and O–H groups in total. The van der Waals surface area contributed by atoms with Crippen molar-refractivity contribution < 1.29 is 4.79 Å². The van der Waals surface area contributed by atoms with Crippen molar-refractivity contribution in [3.8, 4) is 11.3 Å². The van der Waals surface area contributed by atoms with Gasteiger partial charge in [-0.1, -0.05) is 6.07 Å². The summed E-state index contributed by atoms with van der Waals surface area (Å²) in [5, 5.41) is 7.94. The van der Waals surface area contributed by atoms with Crippen LogP contribution >= 0.6 is 11.3 Å². The van der Waals surface area contributed by atoms with Crippen LogP contribution in [0.4, 0.5) is 10.7 Å². The summed E-state index contributed by atoms with van der Waals surface area (Å²) < 4.78 is 0. The molecule has 1 atom stereocenters. The number of nitrogens with one attached hydrogen (secondary N) is 2. The molecule has 1 aliphatic rings. The number of aromatic nitrogens is 3. The molecule has 0 bridgehead atoms. The van der Waals surface area contributed by atoms with Gasteiger partial charge < -0.3 is 15.5 Å². The van der Waals surface area contributed by atoms with Crippen LogP contribution in [0.5, 0.6) is 0 Å². The first kappa shape index (κ1) is 17.4.